The van der Waals surface area contributed by atoms with Gasteiger partial charge in [0, 0.05) is 0 Å². The van der Waals surface area contributed by atoms with E-state index >= 15 is 0 Å². The molecule has 0 aliphatic carbocycles. The van der Waals surface area contributed by atoms with Crippen LogP contribution in [0, 0.1) is 0 Å². The molecule has 2 heteroatoms. The van der Waals surface area contributed by atoms with Gasteiger partial charge < -0.3 is 5.73 Å². The molecule has 0 radical (unpaired) electrons. The molecule has 0 rings (SSSR count). The van der Waals surface area contributed by atoms with Crippen LogP contribution in [-0.4, -0.2) is 13.7 Å². The van der Waals surface area contributed by atoms with Crippen molar-refractivity contribution in [3.05, 3.63) is 0 Å². The largest absolute Gasteiger partial charge is 0.330 e. The lowest BCUT2D eigenvalue weighted by atomic mass is 10.5. The maximum atomic E-state index is 6.15. The Morgan fingerprint density at radius 2 is 1.36 bits per heavy atom. The predicted octanol–water partition coefficient (Wildman–Crippen LogP) is 2.77. The number of hydrogen-bond donors (Lipinski definition) is 1. The standard InChI is InChI=1S/C9H23NSi/c1-5-9(10)11(6-2,7-3)8-4/h9H,5-8,10H2,1-4H3. The van der Waals surface area contributed by atoms with E-state index in [-0.39, 0.29) is 0 Å². The summed E-state index contributed by atoms with van der Waals surface area (Å²) in [6, 6.07) is 4.07. The van der Waals surface area contributed by atoms with Gasteiger partial charge >= 0.3 is 0 Å². The molecule has 0 aromatic heterocycles. The summed E-state index contributed by atoms with van der Waals surface area (Å²) in [4.78, 5) is 0. The van der Waals surface area contributed by atoms with Gasteiger partial charge in [0.15, 0.2) is 0 Å². The fourth-order valence-corrected chi connectivity index (χ4v) is 5.91. The summed E-state index contributed by atoms with van der Waals surface area (Å²) >= 11 is 0. The highest BCUT2D eigenvalue weighted by atomic mass is 28.3. The first kappa shape index (κ1) is 11.2. The van der Waals surface area contributed by atoms with Gasteiger partial charge in [0.1, 0.15) is 0 Å². The molecule has 2 N–H and O–H groups in total. The van der Waals surface area contributed by atoms with E-state index in [0.717, 1.165) is 0 Å². The van der Waals surface area contributed by atoms with E-state index in [9.17, 15) is 0 Å². The van der Waals surface area contributed by atoms with Crippen molar-refractivity contribution in [3.8, 4) is 0 Å². The maximum Gasteiger partial charge on any atom is 0.0715 e. The van der Waals surface area contributed by atoms with Crippen molar-refractivity contribution in [1.29, 1.82) is 0 Å². The molecular weight excluding hydrogens is 150 g/mol. The molecule has 0 amide bonds. The molecule has 1 nitrogen and oxygen atoms in total. The third kappa shape index (κ3) is 2.31. The third-order valence-electron chi connectivity index (χ3n) is 3.34. The summed E-state index contributed by atoms with van der Waals surface area (Å²) in [7, 11) is -1.04. The fourth-order valence-electron chi connectivity index (χ4n) is 1.97. The van der Waals surface area contributed by atoms with Gasteiger partial charge in [-0.3, -0.25) is 0 Å². The molecule has 0 aromatic carbocycles. The first-order valence-electron chi connectivity index (χ1n) is 4.92. The zero-order valence-corrected chi connectivity index (χ0v) is 9.48. The Morgan fingerprint density at radius 3 is 1.45 bits per heavy atom. The van der Waals surface area contributed by atoms with Crippen LogP contribution in [0.5, 0.6) is 0 Å². The average Bonchev–Trinajstić information content (AvgIpc) is 2.08. The van der Waals surface area contributed by atoms with Crippen LogP contribution in [0.1, 0.15) is 34.1 Å². The van der Waals surface area contributed by atoms with Crippen molar-refractivity contribution in [1.82, 2.24) is 0 Å². The van der Waals surface area contributed by atoms with E-state index in [1.54, 1.807) is 0 Å². The highest BCUT2D eigenvalue weighted by Crippen LogP contribution is 2.24. The van der Waals surface area contributed by atoms with Crippen LogP contribution in [0.25, 0.3) is 0 Å². The smallest absolute Gasteiger partial charge is 0.0715 e. The average molecular weight is 173 g/mol. The number of hydrogen-bond acceptors (Lipinski definition) is 1. The SMILES string of the molecule is CCC(N)[Si](CC)(CC)CC. The summed E-state index contributed by atoms with van der Waals surface area (Å²) in [5.41, 5.74) is 6.68. The normalized spacial score (nSPS) is 15.0. The highest BCUT2D eigenvalue weighted by molar-refractivity contribution is 6.81. The maximum absolute atomic E-state index is 6.15. The lowest BCUT2D eigenvalue weighted by molar-refractivity contribution is 0.792. The molecule has 0 spiro atoms. The van der Waals surface area contributed by atoms with Crippen LogP contribution in [0.4, 0.5) is 0 Å². The van der Waals surface area contributed by atoms with Crippen molar-refractivity contribution in [2.75, 3.05) is 0 Å². The molecular formula is C9H23NSi. The van der Waals surface area contributed by atoms with Crippen molar-refractivity contribution in [2.45, 2.75) is 57.9 Å². The molecule has 0 aromatic rings. The Labute approximate surface area is 72.4 Å². The van der Waals surface area contributed by atoms with Crippen molar-refractivity contribution in [2.24, 2.45) is 5.73 Å². The Hall–Kier alpha value is 0.177. The van der Waals surface area contributed by atoms with Crippen LogP contribution >= 0.6 is 0 Å². The summed E-state index contributed by atoms with van der Waals surface area (Å²) in [6.07, 6.45) is 1.17. The van der Waals surface area contributed by atoms with Gasteiger partial charge in [0.2, 0.25) is 0 Å². The first-order valence-corrected chi connectivity index (χ1v) is 7.62. The molecule has 0 saturated heterocycles. The second kappa shape index (κ2) is 4.94. The quantitative estimate of drug-likeness (QED) is 0.636. The van der Waals surface area contributed by atoms with Gasteiger partial charge in [0.25, 0.3) is 0 Å². The second-order valence-electron chi connectivity index (χ2n) is 3.44. The van der Waals surface area contributed by atoms with Gasteiger partial charge in [-0.15, -0.1) is 0 Å². The summed E-state index contributed by atoms with van der Waals surface area (Å²) < 4.78 is 0. The highest BCUT2D eigenvalue weighted by Gasteiger charge is 2.32. The fraction of sp³-hybridized carbons (Fsp3) is 1.00. The van der Waals surface area contributed by atoms with Crippen molar-refractivity contribution < 1.29 is 0 Å². The topological polar surface area (TPSA) is 26.0 Å². The van der Waals surface area contributed by atoms with Crippen molar-refractivity contribution in [3.63, 3.8) is 0 Å². The molecule has 0 aliphatic rings. The van der Waals surface area contributed by atoms with Crippen LogP contribution < -0.4 is 5.73 Å². The zero-order valence-electron chi connectivity index (χ0n) is 8.48. The summed E-state index contributed by atoms with van der Waals surface area (Å²) in [5.74, 6) is 0. The molecule has 0 saturated carbocycles. The van der Waals surface area contributed by atoms with E-state index in [1.165, 1.54) is 24.6 Å². The van der Waals surface area contributed by atoms with E-state index in [1.807, 2.05) is 0 Å². The Kier molecular flexibility index (Phi) is 5.02. The summed E-state index contributed by atoms with van der Waals surface area (Å²) in [6.45, 7) is 9.16. The van der Waals surface area contributed by atoms with Crippen LogP contribution in [-0.2, 0) is 0 Å². The molecule has 1 atom stereocenters. The van der Waals surface area contributed by atoms with Crippen molar-refractivity contribution >= 4 is 8.07 Å². The molecule has 11 heavy (non-hydrogen) atoms. The Morgan fingerprint density at radius 1 is 1.00 bits per heavy atom. The van der Waals surface area contributed by atoms with Gasteiger partial charge in [-0.05, 0) is 12.1 Å². The second-order valence-corrected chi connectivity index (χ2v) is 9.03. The molecule has 0 bridgehead atoms. The minimum Gasteiger partial charge on any atom is -0.330 e. The Bertz CT molecular complexity index is 91.5. The zero-order chi connectivity index (χ0) is 8.91. The minimum atomic E-state index is -1.04. The van der Waals surface area contributed by atoms with Crippen LogP contribution in [0.3, 0.4) is 0 Å². The van der Waals surface area contributed by atoms with E-state index in [0.29, 0.717) is 5.67 Å². The lowest BCUT2D eigenvalue weighted by Gasteiger charge is -2.33. The van der Waals surface area contributed by atoms with Gasteiger partial charge in [-0.25, -0.2) is 0 Å². The molecule has 1 unspecified atom stereocenters. The monoisotopic (exact) mass is 173 g/mol. The molecule has 68 valence electrons. The molecule has 0 fully saturated rings. The first-order chi connectivity index (χ1) is 5.16. The van der Waals surface area contributed by atoms with E-state index in [4.69, 9.17) is 5.73 Å². The van der Waals surface area contributed by atoms with E-state index < -0.39 is 8.07 Å². The predicted molar refractivity (Wildman–Crippen MR) is 55.5 cm³/mol. The van der Waals surface area contributed by atoms with Crippen LogP contribution in [0.2, 0.25) is 18.1 Å². The van der Waals surface area contributed by atoms with Gasteiger partial charge in [-0.2, -0.15) is 0 Å². The van der Waals surface area contributed by atoms with Crippen LogP contribution in [0.15, 0.2) is 0 Å². The van der Waals surface area contributed by atoms with E-state index in [2.05, 4.69) is 27.7 Å². The molecule has 0 aliphatic heterocycles. The third-order valence-corrected chi connectivity index (χ3v) is 9.54. The minimum absolute atomic E-state index is 0.530. The Balaban J connectivity index is 4.26. The summed E-state index contributed by atoms with van der Waals surface area (Å²) in [5, 5.41) is 0. The molecule has 0 heterocycles. The number of rotatable bonds is 5. The number of nitrogens with two attached hydrogens (primary N) is 1. The lowest BCUT2D eigenvalue weighted by Crippen LogP contribution is -2.50. The van der Waals surface area contributed by atoms with Gasteiger partial charge in [0.05, 0.1) is 8.07 Å². The van der Waals surface area contributed by atoms with Gasteiger partial charge in [-0.1, -0.05) is 45.8 Å².